The van der Waals surface area contributed by atoms with E-state index in [-0.39, 0.29) is 5.56 Å². The Morgan fingerprint density at radius 3 is 2.41 bits per heavy atom. The summed E-state index contributed by atoms with van der Waals surface area (Å²) in [7, 11) is 0. The number of carbonyl (C=O) groups excluding carboxylic acids is 2. The number of hydrogen-bond donors (Lipinski definition) is 0. The monoisotopic (exact) mass is 266 g/mol. The first kappa shape index (κ1) is 12.1. The van der Waals surface area contributed by atoms with E-state index in [0.29, 0.717) is 5.56 Å². The molecule has 0 aliphatic heterocycles. The maximum atomic E-state index is 11.4. The largest absolute Gasteiger partial charge is 0.276 e. The van der Waals surface area contributed by atoms with Crippen molar-refractivity contribution in [2.45, 2.75) is 6.42 Å². The van der Waals surface area contributed by atoms with Gasteiger partial charge in [-0.1, -0.05) is 24.3 Å². The summed E-state index contributed by atoms with van der Waals surface area (Å²) in [5.41, 5.74) is 2.33. The number of rotatable bonds is 3. The van der Waals surface area contributed by atoms with E-state index in [1.165, 1.54) is 6.07 Å². The third-order valence-electron chi connectivity index (χ3n) is 2.58. The lowest BCUT2D eigenvalue weighted by Gasteiger charge is -2.08. The standard InChI is InChI=1S/C13H8Cl2O2/c14-12(16)9-5-6-10(8-3-1-2-4-8)11(7-9)13(15)17/h1-3,5-7H,4H2. The SMILES string of the molecule is O=C(Cl)c1ccc(C2=CC=CC2)c(C(=O)Cl)c1. The summed E-state index contributed by atoms with van der Waals surface area (Å²) < 4.78 is 0. The molecule has 0 amide bonds. The van der Waals surface area contributed by atoms with Crippen LogP contribution in [0.2, 0.25) is 0 Å². The molecule has 4 heteroatoms. The van der Waals surface area contributed by atoms with E-state index in [1.54, 1.807) is 12.1 Å². The van der Waals surface area contributed by atoms with Gasteiger partial charge in [0.15, 0.2) is 0 Å². The van der Waals surface area contributed by atoms with Gasteiger partial charge in [0.1, 0.15) is 0 Å². The minimum atomic E-state index is -0.603. The lowest BCUT2D eigenvalue weighted by molar-refractivity contribution is 0.107. The van der Waals surface area contributed by atoms with Crippen LogP contribution in [-0.2, 0) is 0 Å². The molecule has 17 heavy (non-hydrogen) atoms. The van der Waals surface area contributed by atoms with E-state index in [4.69, 9.17) is 23.2 Å². The quantitative estimate of drug-likeness (QED) is 0.781. The van der Waals surface area contributed by atoms with Crippen LogP contribution in [0.3, 0.4) is 0 Å². The lowest BCUT2D eigenvalue weighted by Crippen LogP contribution is -2.00. The highest BCUT2D eigenvalue weighted by Gasteiger charge is 2.15. The number of benzene rings is 1. The van der Waals surface area contributed by atoms with Gasteiger partial charge in [-0.15, -0.1) is 0 Å². The summed E-state index contributed by atoms with van der Waals surface area (Å²) in [6, 6.07) is 4.72. The van der Waals surface area contributed by atoms with Crippen LogP contribution in [0.1, 0.15) is 32.7 Å². The highest BCUT2D eigenvalue weighted by molar-refractivity contribution is 6.69. The van der Waals surface area contributed by atoms with Gasteiger partial charge in [-0.2, -0.15) is 0 Å². The van der Waals surface area contributed by atoms with Crippen molar-refractivity contribution >= 4 is 39.3 Å². The fourth-order valence-corrected chi connectivity index (χ4v) is 2.03. The third-order valence-corrected chi connectivity index (χ3v) is 3.00. The molecular formula is C13H8Cl2O2. The molecule has 0 bridgehead atoms. The predicted molar refractivity (Wildman–Crippen MR) is 68.5 cm³/mol. The average Bonchev–Trinajstić information content (AvgIpc) is 2.81. The van der Waals surface area contributed by atoms with Crippen LogP contribution in [0, 0.1) is 0 Å². The zero-order chi connectivity index (χ0) is 12.4. The third kappa shape index (κ3) is 2.48. The Hall–Kier alpha value is -1.38. The van der Waals surface area contributed by atoms with Crippen molar-refractivity contribution in [3.05, 3.63) is 53.1 Å². The average molecular weight is 267 g/mol. The van der Waals surface area contributed by atoms with E-state index in [2.05, 4.69) is 0 Å². The second-order valence-corrected chi connectivity index (χ2v) is 4.32. The van der Waals surface area contributed by atoms with E-state index >= 15 is 0 Å². The van der Waals surface area contributed by atoms with Gasteiger partial charge in [0.05, 0.1) is 0 Å². The molecule has 0 saturated heterocycles. The van der Waals surface area contributed by atoms with Gasteiger partial charge in [-0.3, -0.25) is 9.59 Å². The molecule has 0 saturated carbocycles. The van der Waals surface area contributed by atoms with Crippen LogP contribution >= 0.6 is 23.2 Å². The van der Waals surface area contributed by atoms with Crippen molar-refractivity contribution in [3.8, 4) is 0 Å². The number of carbonyl (C=O) groups is 2. The first-order valence-corrected chi connectivity index (χ1v) is 5.75. The van der Waals surface area contributed by atoms with Gasteiger partial charge in [0, 0.05) is 11.1 Å². The Morgan fingerprint density at radius 1 is 1.12 bits per heavy atom. The van der Waals surface area contributed by atoms with E-state index in [9.17, 15) is 9.59 Å². The summed E-state index contributed by atoms with van der Waals surface area (Å²) in [5, 5.41) is -1.19. The van der Waals surface area contributed by atoms with Gasteiger partial charge in [0.25, 0.3) is 10.5 Å². The fraction of sp³-hybridized carbons (Fsp3) is 0.0769. The molecule has 0 atom stereocenters. The molecule has 0 fully saturated rings. The van der Waals surface area contributed by atoms with Crippen LogP contribution in [0.25, 0.3) is 5.57 Å². The summed E-state index contributed by atoms with van der Waals surface area (Å²) in [6.45, 7) is 0. The highest BCUT2D eigenvalue weighted by Crippen LogP contribution is 2.28. The van der Waals surface area contributed by atoms with Gasteiger partial charge in [0.2, 0.25) is 0 Å². The lowest BCUT2D eigenvalue weighted by atomic mass is 9.97. The first-order valence-electron chi connectivity index (χ1n) is 4.99. The number of allylic oxidation sites excluding steroid dienone is 4. The fourth-order valence-electron chi connectivity index (χ4n) is 1.76. The summed E-state index contributed by atoms with van der Waals surface area (Å²) in [5.74, 6) is 0. The Balaban J connectivity index is 2.52. The molecule has 86 valence electrons. The van der Waals surface area contributed by atoms with Gasteiger partial charge in [-0.25, -0.2) is 0 Å². The molecule has 0 radical (unpaired) electrons. The molecule has 1 aliphatic carbocycles. The number of halogens is 2. The van der Waals surface area contributed by atoms with E-state index in [1.807, 2.05) is 18.2 Å². The molecule has 0 heterocycles. The van der Waals surface area contributed by atoms with Crippen LogP contribution in [0.5, 0.6) is 0 Å². The zero-order valence-corrected chi connectivity index (χ0v) is 10.3. The summed E-state index contributed by atoms with van der Waals surface area (Å²) >= 11 is 10.9. The second kappa shape index (κ2) is 4.86. The Kier molecular flexibility index (Phi) is 3.46. The van der Waals surface area contributed by atoms with Crippen molar-refractivity contribution in [1.82, 2.24) is 0 Å². The topological polar surface area (TPSA) is 34.1 Å². The second-order valence-electron chi connectivity index (χ2n) is 3.63. The van der Waals surface area contributed by atoms with Gasteiger partial charge >= 0.3 is 0 Å². The maximum Gasteiger partial charge on any atom is 0.253 e. The van der Waals surface area contributed by atoms with Crippen LogP contribution in [0.4, 0.5) is 0 Å². The molecule has 2 rings (SSSR count). The Bertz CT molecular complexity index is 557. The first-order chi connectivity index (χ1) is 8.09. The minimum Gasteiger partial charge on any atom is -0.276 e. The Morgan fingerprint density at radius 2 is 1.88 bits per heavy atom. The molecule has 0 N–H and O–H groups in total. The molecule has 1 aromatic carbocycles. The van der Waals surface area contributed by atoms with E-state index < -0.39 is 10.5 Å². The molecule has 2 nitrogen and oxygen atoms in total. The van der Waals surface area contributed by atoms with Crippen molar-refractivity contribution in [2.24, 2.45) is 0 Å². The summed E-state index contributed by atoms with van der Waals surface area (Å²) in [6.07, 6.45) is 6.57. The molecule has 0 spiro atoms. The minimum absolute atomic E-state index is 0.269. The van der Waals surface area contributed by atoms with Gasteiger partial charge < -0.3 is 0 Å². The molecule has 0 aromatic heterocycles. The van der Waals surface area contributed by atoms with Crippen molar-refractivity contribution in [3.63, 3.8) is 0 Å². The van der Waals surface area contributed by atoms with Crippen molar-refractivity contribution in [1.29, 1.82) is 0 Å². The normalized spacial score (nSPS) is 13.6. The molecular weight excluding hydrogens is 259 g/mol. The number of hydrogen-bond acceptors (Lipinski definition) is 2. The van der Waals surface area contributed by atoms with Gasteiger partial charge in [-0.05, 0) is 52.9 Å². The molecule has 1 aliphatic rings. The van der Waals surface area contributed by atoms with Crippen molar-refractivity contribution in [2.75, 3.05) is 0 Å². The van der Waals surface area contributed by atoms with Crippen molar-refractivity contribution < 1.29 is 9.59 Å². The molecule has 0 unspecified atom stereocenters. The van der Waals surface area contributed by atoms with Crippen LogP contribution in [-0.4, -0.2) is 10.5 Å². The molecule has 1 aromatic rings. The smallest absolute Gasteiger partial charge is 0.253 e. The maximum absolute atomic E-state index is 11.4. The zero-order valence-electron chi connectivity index (χ0n) is 8.74. The van der Waals surface area contributed by atoms with Crippen LogP contribution < -0.4 is 0 Å². The summed E-state index contributed by atoms with van der Waals surface area (Å²) in [4.78, 5) is 22.4. The predicted octanol–water partition coefficient (Wildman–Crippen LogP) is 3.79. The van der Waals surface area contributed by atoms with E-state index in [0.717, 1.165) is 17.6 Å². The van der Waals surface area contributed by atoms with Crippen LogP contribution in [0.15, 0.2) is 36.4 Å². The Labute approximate surface area is 109 Å². The highest BCUT2D eigenvalue weighted by atomic mass is 35.5.